The van der Waals surface area contributed by atoms with Gasteiger partial charge in [-0.25, -0.2) is 0 Å². The van der Waals surface area contributed by atoms with Gasteiger partial charge in [0.05, 0.1) is 18.4 Å². The van der Waals surface area contributed by atoms with Crippen molar-refractivity contribution in [2.45, 2.75) is 44.4 Å². The maximum absolute atomic E-state index is 10.7. The minimum absolute atomic E-state index is 0. The number of nitrogens with zero attached hydrogens (tertiary/aromatic N) is 3. The van der Waals surface area contributed by atoms with E-state index in [9.17, 15) is 5.11 Å². The highest BCUT2D eigenvalue weighted by Crippen LogP contribution is 2.14. The predicted octanol–water partition coefficient (Wildman–Crippen LogP) is 2.95. The van der Waals surface area contributed by atoms with E-state index in [4.69, 9.17) is 9.41 Å². The SMILES string of the molecule is CN(C)CC(C)(O)CN=C(NCCc1ccco1)NC1CCN(Cc2ccccc2)CC1.I. The topological polar surface area (TPSA) is 76.3 Å². The highest BCUT2D eigenvalue weighted by molar-refractivity contribution is 14.0. The number of guanidine groups is 1. The van der Waals surface area contributed by atoms with Crippen molar-refractivity contribution in [1.82, 2.24) is 20.4 Å². The van der Waals surface area contributed by atoms with E-state index in [-0.39, 0.29) is 24.0 Å². The van der Waals surface area contributed by atoms with Crippen LogP contribution in [0.2, 0.25) is 0 Å². The fraction of sp³-hybridized carbons (Fsp3) is 0.560. The van der Waals surface area contributed by atoms with Gasteiger partial charge >= 0.3 is 0 Å². The summed E-state index contributed by atoms with van der Waals surface area (Å²) < 4.78 is 5.43. The molecule has 0 saturated carbocycles. The molecule has 1 saturated heterocycles. The predicted molar refractivity (Wildman–Crippen MR) is 145 cm³/mol. The van der Waals surface area contributed by atoms with E-state index < -0.39 is 5.60 Å². The molecule has 184 valence electrons. The van der Waals surface area contributed by atoms with E-state index in [1.165, 1.54) is 5.56 Å². The summed E-state index contributed by atoms with van der Waals surface area (Å²) in [5, 5.41) is 17.7. The molecule has 1 unspecified atom stereocenters. The largest absolute Gasteiger partial charge is 0.469 e. The molecule has 33 heavy (non-hydrogen) atoms. The zero-order valence-electron chi connectivity index (χ0n) is 20.2. The number of hydrogen-bond acceptors (Lipinski definition) is 5. The first-order valence-electron chi connectivity index (χ1n) is 11.6. The second-order valence-corrected chi connectivity index (χ2v) is 9.34. The lowest BCUT2D eigenvalue weighted by Crippen LogP contribution is -2.49. The molecule has 1 aromatic carbocycles. The van der Waals surface area contributed by atoms with Crippen LogP contribution in [-0.2, 0) is 13.0 Å². The van der Waals surface area contributed by atoms with Crippen molar-refractivity contribution in [2.75, 3.05) is 46.8 Å². The number of nitrogens with one attached hydrogen (secondary N) is 2. The third kappa shape index (κ3) is 10.5. The lowest BCUT2D eigenvalue weighted by atomic mass is 10.0. The summed E-state index contributed by atoms with van der Waals surface area (Å²) >= 11 is 0. The fourth-order valence-corrected chi connectivity index (χ4v) is 4.16. The first kappa shape index (κ1) is 27.6. The molecule has 1 atom stereocenters. The number of furan rings is 1. The quantitative estimate of drug-likeness (QED) is 0.232. The summed E-state index contributed by atoms with van der Waals surface area (Å²) in [4.78, 5) is 9.21. The van der Waals surface area contributed by atoms with Crippen LogP contribution in [0.4, 0.5) is 0 Å². The first-order valence-corrected chi connectivity index (χ1v) is 11.6. The van der Waals surface area contributed by atoms with Crippen LogP contribution in [0.1, 0.15) is 31.1 Å². The molecule has 2 aromatic rings. The molecule has 8 heteroatoms. The van der Waals surface area contributed by atoms with Crippen LogP contribution in [0.3, 0.4) is 0 Å². The second kappa shape index (κ2) is 13.9. The number of aliphatic imine (C=N–C) groups is 1. The van der Waals surface area contributed by atoms with Crippen LogP contribution in [0.5, 0.6) is 0 Å². The van der Waals surface area contributed by atoms with Gasteiger partial charge < -0.3 is 25.1 Å². The number of likely N-dealkylation sites (tertiary alicyclic amines) is 1. The molecule has 3 N–H and O–H groups in total. The Balaban J connectivity index is 0.00000385. The standard InChI is InChI=1S/C25H39N5O2.HI/c1-25(31,20-29(2)3)19-27-24(26-14-11-23-10-7-17-32-23)28-22-12-15-30(16-13-22)18-21-8-5-4-6-9-21;/h4-10,17,22,31H,11-16,18-20H2,1-3H3,(H2,26,27,28);1H. The first-order chi connectivity index (χ1) is 15.4. The van der Waals surface area contributed by atoms with Gasteiger partial charge in [-0.3, -0.25) is 9.89 Å². The van der Waals surface area contributed by atoms with Gasteiger partial charge in [-0.05, 0) is 51.6 Å². The van der Waals surface area contributed by atoms with E-state index in [2.05, 4.69) is 45.9 Å². The summed E-state index contributed by atoms with van der Waals surface area (Å²) in [6.45, 7) is 6.59. The number of halogens is 1. The van der Waals surface area contributed by atoms with Gasteiger partial charge in [-0.1, -0.05) is 30.3 Å². The van der Waals surface area contributed by atoms with E-state index in [1.807, 2.05) is 38.1 Å². The molecule has 0 aliphatic carbocycles. The van der Waals surface area contributed by atoms with E-state index in [0.29, 0.717) is 19.1 Å². The Bertz CT molecular complexity index is 803. The zero-order valence-corrected chi connectivity index (χ0v) is 22.5. The molecule has 3 rings (SSSR count). The molecule has 0 radical (unpaired) electrons. The van der Waals surface area contributed by atoms with Gasteiger partial charge in [0.2, 0.25) is 0 Å². The van der Waals surface area contributed by atoms with Crippen LogP contribution in [-0.4, -0.2) is 79.3 Å². The molecule has 0 bridgehead atoms. The summed E-state index contributed by atoms with van der Waals surface area (Å²) in [5.74, 6) is 1.71. The Morgan fingerprint density at radius 1 is 1.18 bits per heavy atom. The maximum atomic E-state index is 10.7. The van der Waals surface area contributed by atoms with E-state index >= 15 is 0 Å². The minimum Gasteiger partial charge on any atom is -0.469 e. The average Bonchev–Trinajstić information content (AvgIpc) is 3.27. The van der Waals surface area contributed by atoms with Crippen LogP contribution in [0, 0.1) is 0 Å². The van der Waals surface area contributed by atoms with Gasteiger partial charge in [-0.2, -0.15) is 0 Å². The van der Waals surface area contributed by atoms with Gasteiger partial charge in [0.15, 0.2) is 5.96 Å². The summed E-state index contributed by atoms with van der Waals surface area (Å²) in [6.07, 6.45) is 4.63. The number of piperidine rings is 1. The number of rotatable bonds is 10. The molecule has 7 nitrogen and oxygen atoms in total. The maximum Gasteiger partial charge on any atom is 0.191 e. The Morgan fingerprint density at radius 3 is 2.55 bits per heavy atom. The zero-order chi connectivity index (χ0) is 22.8. The molecular formula is C25H40IN5O2. The third-order valence-electron chi connectivity index (χ3n) is 5.66. The molecule has 1 fully saturated rings. The normalized spacial score (nSPS) is 17.4. The van der Waals surface area contributed by atoms with Crippen molar-refractivity contribution in [3.63, 3.8) is 0 Å². The number of benzene rings is 1. The second-order valence-electron chi connectivity index (χ2n) is 9.34. The Kier molecular flexibility index (Phi) is 11.7. The molecule has 0 spiro atoms. The van der Waals surface area contributed by atoms with Crippen molar-refractivity contribution >= 4 is 29.9 Å². The molecular weight excluding hydrogens is 529 g/mol. The van der Waals surface area contributed by atoms with Gasteiger partial charge in [0.25, 0.3) is 0 Å². The lowest BCUT2D eigenvalue weighted by Gasteiger charge is -2.33. The van der Waals surface area contributed by atoms with Crippen molar-refractivity contribution in [2.24, 2.45) is 4.99 Å². The average molecular weight is 570 g/mol. The Morgan fingerprint density at radius 2 is 1.91 bits per heavy atom. The van der Waals surface area contributed by atoms with Crippen molar-refractivity contribution in [3.8, 4) is 0 Å². The van der Waals surface area contributed by atoms with Crippen molar-refractivity contribution in [1.29, 1.82) is 0 Å². The van der Waals surface area contributed by atoms with Crippen LogP contribution in [0.15, 0.2) is 58.1 Å². The molecule has 0 amide bonds. The smallest absolute Gasteiger partial charge is 0.191 e. The van der Waals surface area contributed by atoms with Gasteiger partial charge in [-0.15, -0.1) is 24.0 Å². The molecule has 1 aromatic heterocycles. The molecule has 1 aliphatic rings. The summed E-state index contributed by atoms with van der Waals surface area (Å²) in [7, 11) is 3.92. The number of aliphatic hydroxyl groups is 1. The third-order valence-corrected chi connectivity index (χ3v) is 5.66. The number of hydrogen-bond donors (Lipinski definition) is 3. The van der Waals surface area contributed by atoms with Gasteiger partial charge in [0, 0.05) is 45.2 Å². The molecule has 2 heterocycles. The highest BCUT2D eigenvalue weighted by Gasteiger charge is 2.23. The van der Waals surface area contributed by atoms with Crippen molar-refractivity contribution in [3.05, 3.63) is 60.1 Å². The number of likely N-dealkylation sites (N-methyl/N-ethyl adjacent to an activating group) is 1. The van der Waals surface area contributed by atoms with Crippen LogP contribution < -0.4 is 10.6 Å². The van der Waals surface area contributed by atoms with Gasteiger partial charge in [0.1, 0.15) is 5.76 Å². The van der Waals surface area contributed by atoms with Crippen LogP contribution in [0.25, 0.3) is 0 Å². The van der Waals surface area contributed by atoms with E-state index in [1.54, 1.807) is 6.26 Å². The van der Waals surface area contributed by atoms with E-state index in [0.717, 1.165) is 57.2 Å². The fourth-order valence-electron chi connectivity index (χ4n) is 4.16. The highest BCUT2D eigenvalue weighted by atomic mass is 127. The monoisotopic (exact) mass is 569 g/mol. The lowest BCUT2D eigenvalue weighted by molar-refractivity contribution is 0.0423. The Hall–Kier alpha value is -1.62. The minimum atomic E-state index is -0.877. The summed E-state index contributed by atoms with van der Waals surface area (Å²) in [5.41, 5.74) is 0.488. The molecule has 1 aliphatic heterocycles. The summed E-state index contributed by atoms with van der Waals surface area (Å²) in [6, 6.07) is 14.9. The van der Waals surface area contributed by atoms with Crippen LogP contribution >= 0.6 is 24.0 Å². The Labute approximate surface area is 215 Å². The van der Waals surface area contributed by atoms with Crippen molar-refractivity contribution < 1.29 is 9.52 Å².